The second-order valence-corrected chi connectivity index (χ2v) is 5.82. The molecule has 0 aliphatic heterocycles. The summed E-state index contributed by atoms with van der Waals surface area (Å²) in [6, 6.07) is 1.65. The summed E-state index contributed by atoms with van der Waals surface area (Å²) >= 11 is 19.3. The Kier molecular flexibility index (Phi) is 3.72. The fourth-order valence-corrected chi connectivity index (χ4v) is 3.12. The standard InChI is InChI=1S/C11H8Cl3N5S/c1-19-7(14)3-15-8(19)4-16-9-5(12)2-6(13)10-11(9)18-20-17-10/h2-3,16H,4H2,1H3. The molecule has 2 aromatic heterocycles. The van der Waals surface area contributed by atoms with Crippen molar-refractivity contribution in [3.8, 4) is 0 Å². The van der Waals surface area contributed by atoms with Gasteiger partial charge in [-0.3, -0.25) is 0 Å². The molecule has 0 saturated carbocycles. The van der Waals surface area contributed by atoms with Gasteiger partial charge < -0.3 is 9.88 Å². The lowest BCUT2D eigenvalue weighted by molar-refractivity contribution is 0.814. The molecule has 0 aliphatic rings. The first-order chi connectivity index (χ1) is 9.58. The van der Waals surface area contributed by atoms with Gasteiger partial charge in [0.1, 0.15) is 22.0 Å². The fraction of sp³-hybridized carbons (Fsp3) is 0.182. The largest absolute Gasteiger partial charge is 0.375 e. The molecule has 1 N–H and O–H groups in total. The van der Waals surface area contributed by atoms with Crippen LogP contribution in [0.15, 0.2) is 12.3 Å². The maximum absolute atomic E-state index is 6.21. The summed E-state index contributed by atoms with van der Waals surface area (Å²) in [5.41, 5.74) is 1.99. The number of hydrogen-bond acceptors (Lipinski definition) is 5. The van der Waals surface area contributed by atoms with Crippen molar-refractivity contribution in [2.24, 2.45) is 7.05 Å². The highest BCUT2D eigenvalue weighted by Crippen LogP contribution is 2.35. The third-order valence-electron chi connectivity index (χ3n) is 2.89. The van der Waals surface area contributed by atoms with Gasteiger partial charge in [-0.2, -0.15) is 8.75 Å². The number of aromatic nitrogens is 4. The normalized spacial score (nSPS) is 11.2. The van der Waals surface area contributed by atoms with Crippen LogP contribution in [0.2, 0.25) is 15.2 Å². The zero-order valence-corrected chi connectivity index (χ0v) is 13.3. The molecule has 0 fully saturated rings. The Labute approximate surface area is 133 Å². The highest BCUT2D eigenvalue weighted by molar-refractivity contribution is 7.00. The third kappa shape index (κ3) is 2.33. The Morgan fingerprint density at radius 2 is 1.95 bits per heavy atom. The molecule has 0 unspecified atom stereocenters. The van der Waals surface area contributed by atoms with Crippen LogP contribution in [0.25, 0.3) is 11.0 Å². The highest BCUT2D eigenvalue weighted by atomic mass is 35.5. The van der Waals surface area contributed by atoms with Crippen LogP contribution in [0.1, 0.15) is 5.82 Å². The van der Waals surface area contributed by atoms with Gasteiger partial charge in [0, 0.05) is 7.05 Å². The molecule has 0 aliphatic carbocycles. The average Bonchev–Trinajstić information content (AvgIpc) is 3.00. The minimum Gasteiger partial charge on any atom is -0.375 e. The molecule has 5 nitrogen and oxygen atoms in total. The van der Waals surface area contributed by atoms with Crippen LogP contribution >= 0.6 is 46.5 Å². The van der Waals surface area contributed by atoms with Crippen molar-refractivity contribution in [2.75, 3.05) is 5.32 Å². The molecule has 0 saturated heterocycles. The molecule has 104 valence electrons. The maximum Gasteiger partial charge on any atom is 0.130 e. The zero-order valence-electron chi connectivity index (χ0n) is 10.2. The van der Waals surface area contributed by atoms with Gasteiger partial charge in [-0.1, -0.05) is 34.8 Å². The van der Waals surface area contributed by atoms with Gasteiger partial charge in [0.05, 0.1) is 40.2 Å². The molecule has 9 heteroatoms. The van der Waals surface area contributed by atoms with Gasteiger partial charge in [0.25, 0.3) is 0 Å². The van der Waals surface area contributed by atoms with Gasteiger partial charge in [0.2, 0.25) is 0 Å². The van der Waals surface area contributed by atoms with Gasteiger partial charge in [-0.05, 0) is 6.07 Å². The lowest BCUT2D eigenvalue weighted by atomic mass is 10.2. The quantitative estimate of drug-likeness (QED) is 0.777. The first-order valence-electron chi connectivity index (χ1n) is 5.58. The number of nitrogens with one attached hydrogen (secondary N) is 1. The first-order valence-corrected chi connectivity index (χ1v) is 7.44. The van der Waals surface area contributed by atoms with Gasteiger partial charge >= 0.3 is 0 Å². The number of rotatable bonds is 3. The van der Waals surface area contributed by atoms with Crippen molar-refractivity contribution in [3.05, 3.63) is 33.3 Å². The second-order valence-electron chi connectivity index (χ2n) is 4.09. The van der Waals surface area contributed by atoms with Crippen LogP contribution in [0.3, 0.4) is 0 Å². The van der Waals surface area contributed by atoms with Crippen LogP contribution in [-0.4, -0.2) is 18.3 Å². The van der Waals surface area contributed by atoms with E-state index in [-0.39, 0.29) is 0 Å². The SMILES string of the molecule is Cn1c(Cl)cnc1CNc1c(Cl)cc(Cl)c2nsnc12. The summed E-state index contributed by atoms with van der Waals surface area (Å²) in [5, 5.41) is 4.77. The summed E-state index contributed by atoms with van der Waals surface area (Å²) in [6.07, 6.45) is 1.60. The number of nitrogens with zero attached hydrogens (tertiary/aromatic N) is 4. The highest BCUT2D eigenvalue weighted by Gasteiger charge is 2.14. The Morgan fingerprint density at radius 3 is 2.65 bits per heavy atom. The third-order valence-corrected chi connectivity index (χ3v) is 4.36. The number of fused-ring (bicyclic) bond motifs is 1. The second kappa shape index (κ2) is 5.37. The number of hydrogen-bond donors (Lipinski definition) is 1. The van der Waals surface area contributed by atoms with E-state index in [9.17, 15) is 0 Å². The Morgan fingerprint density at radius 1 is 1.20 bits per heavy atom. The van der Waals surface area contributed by atoms with Crippen LogP contribution in [0.4, 0.5) is 5.69 Å². The molecule has 3 rings (SSSR count). The summed E-state index contributed by atoms with van der Waals surface area (Å²) in [5.74, 6) is 0.789. The Hall–Kier alpha value is -1.08. The van der Waals surface area contributed by atoms with Crippen LogP contribution in [0, 0.1) is 0 Å². The molecule has 0 amide bonds. The number of imidazole rings is 1. The maximum atomic E-state index is 6.21. The number of halogens is 3. The van der Waals surface area contributed by atoms with E-state index in [0.717, 1.165) is 17.6 Å². The molecule has 0 radical (unpaired) electrons. The van der Waals surface area contributed by atoms with E-state index in [0.29, 0.717) is 38.5 Å². The fourth-order valence-electron chi connectivity index (χ4n) is 1.80. The van der Waals surface area contributed by atoms with Crippen molar-refractivity contribution in [3.63, 3.8) is 0 Å². The predicted octanol–water partition coefficient (Wildman–Crippen LogP) is 4.00. The van der Waals surface area contributed by atoms with E-state index in [1.807, 2.05) is 7.05 Å². The van der Waals surface area contributed by atoms with E-state index in [1.54, 1.807) is 16.8 Å². The van der Waals surface area contributed by atoms with Crippen molar-refractivity contribution in [2.45, 2.75) is 6.54 Å². The van der Waals surface area contributed by atoms with Crippen LogP contribution < -0.4 is 5.32 Å². The minimum atomic E-state index is 0.469. The molecule has 2 heterocycles. The van der Waals surface area contributed by atoms with E-state index < -0.39 is 0 Å². The van der Waals surface area contributed by atoms with Crippen molar-refractivity contribution >= 4 is 63.3 Å². The van der Waals surface area contributed by atoms with Gasteiger partial charge in [-0.25, -0.2) is 4.98 Å². The first kappa shape index (κ1) is 13.9. The molecular weight excluding hydrogens is 341 g/mol. The van der Waals surface area contributed by atoms with E-state index >= 15 is 0 Å². The van der Waals surface area contributed by atoms with Gasteiger partial charge in [-0.15, -0.1) is 0 Å². The van der Waals surface area contributed by atoms with Crippen molar-refractivity contribution in [1.82, 2.24) is 18.3 Å². The molecule has 20 heavy (non-hydrogen) atoms. The molecule has 0 atom stereocenters. The molecule has 0 bridgehead atoms. The van der Waals surface area contributed by atoms with E-state index in [4.69, 9.17) is 34.8 Å². The average molecular weight is 349 g/mol. The number of benzene rings is 1. The zero-order chi connectivity index (χ0) is 14.3. The molecule has 1 aromatic carbocycles. The molecular formula is C11H8Cl3N5S. The Balaban J connectivity index is 1.95. The predicted molar refractivity (Wildman–Crippen MR) is 83.0 cm³/mol. The van der Waals surface area contributed by atoms with Crippen molar-refractivity contribution in [1.29, 1.82) is 0 Å². The smallest absolute Gasteiger partial charge is 0.130 e. The molecule has 0 spiro atoms. The van der Waals surface area contributed by atoms with Gasteiger partial charge in [0.15, 0.2) is 0 Å². The van der Waals surface area contributed by atoms with Crippen LogP contribution in [0.5, 0.6) is 0 Å². The summed E-state index contributed by atoms with van der Waals surface area (Å²) in [4.78, 5) is 4.21. The Bertz CT molecular complexity index is 782. The van der Waals surface area contributed by atoms with Crippen molar-refractivity contribution < 1.29 is 0 Å². The number of anilines is 1. The summed E-state index contributed by atoms with van der Waals surface area (Å²) < 4.78 is 10.2. The lowest BCUT2D eigenvalue weighted by Crippen LogP contribution is -2.07. The minimum absolute atomic E-state index is 0.469. The van der Waals surface area contributed by atoms with Crippen LogP contribution in [-0.2, 0) is 13.6 Å². The topological polar surface area (TPSA) is 55.6 Å². The monoisotopic (exact) mass is 347 g/mol. The summed E-state index contributed by atoms with van der Waals surface area (Å²) in [7, 11) is 1.84. The van der Waals surface area contributed by atoms with E-state index in [1.165, 1.54) is 0 Å². The molecule has 3 aromatic rings. The lowest BCUT2D eigenvalue weighted by Gasteiger charge is -2.09. The van der Waals surface area contributed by atoms with E-state index in [2.05, 4.69) is 19.0 Å². The summed E-state index contributed by atoms with van der Waals surface area (Å²) in [6.45, 7) is 0.469.